The molecule has 0 saturated heterocycles. The number of carbonyl (C=O) groups excluding carboxylic acids is 1. The molecule has 5 heteroatoms. The fourth-order valence-corrected chi connectivity index (χ4v) is 4.58. The Kier molecular flexibility index (Phi) is 7.03. The summed E-state index contributed by atoms with van der Waals surface area (Å²) in [6.45, 7) is 1.63. The van der Waals surface area contributed by atoms with Crippen LogP contribution in [0.3, 0.4) is 0 Å². The minimum atomic E-state index is -0.0468. The van der Waals surface area contributed by atoms with Crippen LogP contribution in [-0.2, 0) is 13.0 Å². The summed E-state index contributed by atoms with van der Waals surface area (Å²) in [6, 6.07) is 23.4. The maximum atomic E-state index is 12.5. The van der Waals surface area contributed by atoms with Gasteiger partial charge in [0.25, 0.3) is 5.91 Å². The van der Waals surface area contributed by atoms with Crippen LogP contribution in [0.4, 0.5) is 0 Å². The third kappa shape index (κ3) is 4.77. The summed E-state index contributed by atoms with van der Waals surface area (Å²) in [7, 11) is 0. The first-order chi connectivity index (χ1) is 15.3. The van der Waals surface area contributed by atoms with E-state index in [1.165, 1.54) is 21.9 Å². The highest BCUT2D eigenvalue weighted by molar-refractivity contribution is 5.97. The minimum Gasteiger partial charge on any atom is -0.352 e. The molecule has 1 atom stereocenters. The molecule has 164 valence electrons. The molecule has 4 nitrogen and oxygen atoms in total. The van der Waals surface area contributed by atoms with E-state index in [2.05, 4.69) is 52.0 Å². The number of halogens is 1. The number of unbranched alkanes of at least 4 members (excludes halogenated alkanes) is 1. The second kappa shape index (κ2) is 10.1. The van der Waals surface area contributed by atoms with Crippen molar-refractivity contribution in [2.24, 2.45) is 0 Å². The maximum absolute atomic E-state index is 12.5. The first-order valence-corrected chi connectivity index (χ1v) is 11.1. The zero-order chi connectivity index (χ0) is 21.0. The van der Waals surface area contributed by atoms with E-state index in [-0.39, 0.29) is 18.3 Å². The number of nitrogens with one attached hydrogen (secondary N) is 2. The Labute approximate surface area is 194 Å². The van der Waals surface area contributed by atoms with Crippen molar-refractivity contribution in [3.05, 3.63) is 89.6 Å². The Balaban J connectivity index is 0.00000245. The Morgan fingerprint density at radius 1 is 1.00 bits per heavy atom. The number of nitrogens with zero attached hydrogens (tertiary/aromatic N) is 1. The van der Waals surface area contributed by atoms with Crippen molar-refractivity contribution in [3.63, 3.8) is 0 Å². The summed E-state index contributed by atoms with van der Waals surface area (Å²) in [6.07, 6.45) is 5.93. The standard InChI is InChI=1S/C27H27N3O.ClH/c31-27(22-15-20-8-2-4-11-26(20)30-18-22)28-14-6-5-9-23-16-25-21(17-29-23)13-12-19-7-1-3-10-24(19)25;/h1-4,7-8,10-13,15,18,23,29H,5-6,9,14,16-17H2,(H,28,31);1H. The van der Waals surface area contributed by atoms with Crippen molar-refractivity contribution in [3.8, 4) is 0 Å². The zero-order valence-corrected chi connectivity index (χ0v) is 18.8. The van der Waals surface area contributed by atoms with Gasteiger partial charge in [0.05, 0.1) is 11.1 Å². The summed E-state index contributed by atoms with van der Waals surface area (Å²) in [5.41, 5.74) is 4.45. The van der Waals surface area contributed by atoms with Crippen LogP contribution in [0, 0.1) is 0 Å². The molecule has 0 bridgehead atoms. The molecule has 5 rings (SSSR count). The van der Waals surface area contributed by atoms with Gasteiger partial charge in [-0.2, -0.15) is 0 Å². The summed E-state index contributed by atoms with van der Waals surface area (Å²) >= 11 is 0. The van der Waals surface area contributed by atoms with Gasteiger partial charge in [0.2, 0.25) is 0 Å². The molecule has 0 spiro atoms. The number of aromatic nitrogens is 1. The van der Waals surface area contributed by atoms with Gasteiger partial charge in [-0.25, -0.2) is 0 Å². The molecule has 4 aromatic rings. The average molecular weight is 446 g/mol. The summed E-state index contributed by atoms with van der Waals surface area (Å²) in [5, 5.41) is 10.4. The quantitative estimate of drug-likeness (QED) is 0.389. The third-order valence-electron chi connectivity index (χ3n) is 6.29. The molecule has 1 amide bonds. The van der Waals surface area contributed by atoms with Crippen LogP contribution in [0.15, 0.2) is 72.9 Å². The molecule has 2 N–H and O–H groups in total. The number of amides is 1. The molecule has 1 aliphatic heterocycles. The Bertz CT molecular complexity index is 1240. The van der Waals surface area contributed by atoms with E-state index in [0.717, 1.165) is 43.1 Å². The predicted octanol–water partition coefficient (Wildman–Crippen LogP) is 5.42. The van der Waals surface area contributed by atoms with Crippen LogP contribution in [-0.4, -0.2) is 23.5 Å². The first-order valence-electron chi connectivity index (χ1n) is 11.1. The Hall–Kier alpha value is -2.95. The summed E-state index contributed by atoms with van der Waals surface area (Å²) in [4.78, 5) is 16.8. The second-order valence-corrected chi connectivity index (χ2v) is 8.37. The molecule has 0 aliphatic carbocycles. The highest BCUT2D eigenvalue weighted by atomic mass is 35.5. The maximum Gasteiger partial charge on any atom is 0.252 e. The van der Waals surface area contributed by atoms with Gasteiger partial charge >= 0.3 is 0 Å². The first kappa shape index (κ1) is 22.3. The molecule has 32 heavy (non-hydrogen) atoms. The van der Waals surface area contributed by atoms with Gasteiger partial charge in [0, 0.05) is 30.7 Å². The monoisotopic (exact) mass is 445 g/mol. The van der Waals surface area contributed by atoms with Crippen molar-refractivity contribution in [2.75, 3.05) is 6.54 Å². The molecule has 1 aliphatic rings. The number of hydrogen-bond donors (Lipinski definition) is 2. The molecule has 1 unspecified atom stereocenters. The van der Waals surface area contributed by atoms with Crippen molar-refractivity contribution in [1.82, 2.24) is 15.6 Å². The van der Waals surface area contributed by atoms with Gasteiger partial charge in [0.15, 0.2) is 0 Å². The lowest BCUT2D eigenvalue weighted by molar-refractivity contribution is 0.0952. The van der Waals surface area contributed by atoms with Gasteiger partial charge in [0.1, 0.15) is 0 Å². The lowest BCUT2D eigenvalue weighted by Crippen LogP contribution is -2.35. The van der Waals surface area contributed by atoms with Gasteiger partial charge < -0.3 is 10.6 Å². The van der Waals surface area contributed by atoms with Crippen molar-refractivity contribution < 1.29 is 4.79 Å². The number of benzene rings is 3. The van der Waals surface area contributed by atoms with Gasteiger partial charge in [-0.05, 0) is 53.3 Å². The van der Waals surface area contributed by atoms with E-state index in [4.69, 9.17) is 0 Å². The van der Waals surface area contributed by atoms with Crippen molar-refractivity contribution in [1.29, 1.82) is 0 Å². The van der Waals surface area contributed by atoms with Crippen LogP contribution in [0.1, 0.15) is 40.7 Å². The second-order valence-electron chi connectivity index (χ2n) is 8.37. The molecular weight excluding hydrogens is 418 g/mol. The highest BCUT2D eigenvalue weighted by Crippen LogP contribution is 2.27. The van der Waals surface area contributed by atoms with E-state index in [0.29, 0.717) is 18.2 Å². The predicted molar refractivity (Wildman–Crippen MR) is 133 cm³/mol. The molecule has 3 aromatic carbocycles. The van der Waals surface area contributed by atoms with E-state index in [9.17, 15) is 4.79 Å². The minimum absolute atomic E-state index is 0. The molecular formula is C27H28ClN3O. The number of carbonyl (C=O) groups is 1. The molecule has 1 aromatic heterocycles. The fourth-order valence-electron chi connectivity index (χ4n) is 4.58. The summed E-state index contributed by atoms with van der Waals surface area (Å²) < 4.78 is 0. The highest BCUT2D eigenvalue weighted by Gasteiger charge is 2.19. The number of hydrogen-bond acceptors (Lipinski definition) is 3. The number of fused-ring (bicyclic) bond motifs is 4. The van der Waals surface area contributed by atoms with E-state index < -0.39 is 0 Å². The Morgan fingerprint density at radius 3 is 2.72 bits per heavy atom. The third-order valence-corrected chi connectivity index (χ3v) is 6.29. The number of pyridine rings is 1. The van der Waals surface area contributed by atoms with Crippen LogP contribution in [0.5, 0.6) is 0 Å². The number of rotatable bonds is 6. The van der Waals surface area contributed by atoms with Crippen molar-refractivity contribution >= 4 is 40.0 Å². The molecule has 0 saturated carbocycles. The van der Waals surface area contributed by atoms with Gasteiger partial charge in [-0.3, -0.25) is 9.78 Å². The van der Waals surface area contributed by atoms with Gasteiger partial charge in [-0.1, -0.05) is 61.0 Å². The summed E-state index contributed by atoms with van der Waals surface area (Å²) in [5.74, 6) is -0.0468. The normalized spacial score (nSPS) is 15.2. The van der Waals surface area contributed by atoms with Crippen LogP contribution < -0.4 is 10.6 Å². The topological polar surface area (TPSA) is 54.0 Å². The van der Waals surface area contributed by atoms with Gasteiger partial charge in [-0.15, -0.1) is 12.4 Å². The van der Waals surface area contributed by atoms with Crippen LogP contribution in [0.2, 0.25) is 0 Å². The molecule has 0 radical (unpaired) electrons. The zero-order valence-electron chi connectivity index (χ0n) is 18.0. The van der Waals surface area contributed by atoms with Crippen molar-refractivity contribution in [2.45, 2.75) is 38.3 Å². The lowest BCUT2D eigenvalue weighted by atomic mass is 9.89. The molecule has 0 fully saturated rings. The van der Waals surface area contributed by atoms with Crippen LogP contribution in [0.25, 0.3) is 21.7 Å². The fraction of sp³-hybridized carbons (Fsp3) is 0.259. The lowest BCUT2D eigenvalue weighted by Gasteiger charge is -2.27. The Morgan fingerprint density at radius 2 is 1.81 bits per heavy atom. The largest absolute Gasteiger partial charge is 0.352 e. The smallest absolute Gasteiger partial charge is 0.252 e. The van der Waals surface area contributed by atoms with E-state index in [1.54, 1.807) is 6.20 Å². The average Bonchev–Trinajstić information content (AvgIpc) is 2.83. The molecule has 2 heterocycles. The number of para-hydroxylation sites is 1. The SMILES string of the molecule is Cl.O=C(NCCCCC1Cc2c(ccc3ccccc23)CN1)c1cnc2ccccc2c1. The van der Waals surface area contributed by atoms with E-state index >= 15 is 0 Å². The van der Waals surface area contributed by atoms with E-state index in [1.807, 2.05) is 30.3 Å². The van der Waals surface area contributed by atoms with Crippen LogP contribution >= 0.6 is 12.4 Å².